The molecule has 1 N–H and O–H groups in total. The SMILES string of the molecule is CCC(=O)OC1(c2ccccc2)CCN(CCNc2ccccc2)CC1.Cl.Cl. The Balaban J connectivity index is 0.00000196. The smallest absolute Gasteiger partial charge is 0.306 e. The zero-order valence-electron chi connectivity index (χ0n) is 16.3. The number of para-hydroxylation sites is 1. The number of ether oxygens (including phenoxy) is 1. The number of anilines is 1. The number of carbonyl (C=O) groups is 1. The van der Waals surface area contributed by atoms with E-state index < -0.39 is 5.60 Å². The van der Waals surface area contributed by atoms with Crippen molar-refractivity contribution in [3.8, 4) is 0 Å². The van der Waals surface area contributed by atoms with E-state index in [0.29, 0.717) is 6.42 Å². The number of carbonyl (C=O) groups excluding carboxylic acids is 1. The summed E-state index contributed by atoms with van der Waals surface area (Å²) >= 11 is 0. The number of piperidine rings is 1. The number of esters is 1. The molecule has 0 aliphatic carbocycles. The molecule has 2 aromatic carbocycles. The average molecular weight is 425 g/mol. The van der Waals surface area contributed by atoms with E-state index >= 15 is 0 Å². The lowest BCUT2D eigenvalue weighted by atomic mass is 9.84. The highest BCUT2D eigenvalue weighted by Crippen LogP contribution is 2.37. The molecule has 154 valence electrons. The van der Waals surface area contributed by atoms with Gasteiger partial charge in [0, 0.05) is 51.1 Å². The van der Waals surface area contributed by atoms with Crippen LogP contribution in [0.25, 0.3) is 0 Å². The Morgan fingerprint density at radius 1 is 1.00 bits per heavy atom. The minimum absolute atomic E-state index is 0. The molecule has 1 aliphatic rings. The summed E-state index contributed by atoms with van der Waals surface area (Å²) in [5.74, 6) is -0.118. The molecule has 1 saturated heterocycles. The lowest BCUT2D eigenvalue weighted by Crippen LogP contribution is -2.46. The van der Waals surface area contributed by atoms with E-state index in [9.17, 15) is 4.79 Å². The van der Waals surface area contributed by atoms with E-state index in [2.05, 4.69) is 34.5 Å². The summed E-state index contributed by atoms with van der Waals surface area (Å²) in [6, 6.07) is 20.5. The highest BCUT2D eigenvalue weighted by Gasteiger charge is 2.39. The van der Waals surface area contributed by atoms with Gasteiger partial charge >= 0.3 is 5.97 Å². The summed E-state index contributed by atoms with van der Waals surface area (Å²) in [5.41, 5.74) is 1.79. The monoisotopic (exact) mass is 424 g/mol. The summed E-state index contributed by atoms with van der Waals surface area (Å²) in [6.07, 6.45) is 2.10. The maximum absolute atomic E-state index is 12.0. The van der Waals surface area contributed by atoms with Gasteiger partial charge in [-0.05, 0) is 17.7 Å². The summed E-state index contributed by atoms with van der Waals surface area (Å²) < 4.78 is 5.96. The molecule has 1 fully saturated rings. The van der Waals surface area contributed by atoms with E-state index in [1.54, 1.807) is 0 Å². The van der Waals surface area contributed by atoms with Crippen LogP contribution in [0.5, 0.6) is 0 Å². The molecule has 6 heteroatoms. The first-order chi connectivity index (χ1) is 12.7. The van der Waals surface area contributed by atoms with E-state index in [4.69, 9.17) is 4.74 Å². The van der Waals surface area contributed by atoms with Crippen molar-refractivity contribution in [1.82, 2.24) is 4.90 Å². The molecule has 1 heterocycles. The maximum Gasteiger partial charge on any atom is 0.306 e. The predicted molar refractivity (Wildman–Crippen MR) is 120 cm³/mol. The van der Waals surface area contributed by atoms with Gasteiger partial charge in [0.15, 0.2) is 0 Å². The lowest BCUT2D eigenvalue weighted by Gasteiger charge is -2.41. The molecule has 0 radical (unpaired) electrons. The molecule has 3 rings (SSSR count). The van der Waals surface area contributed by atoms with Crippen molar-refractivity contribution >= 4 is 36.5 Å². The quantitative estimate of drug-likeness (QED) is 0.642. The van der Waals surface area contributed by atoms with Gasteiger partial charge in [0.2, 0.25) is 0 Å². The molecule has 0 bridgehead atoms. The second-order valence-corrected chi connectivity index (χ2v) is 6.82. The van der Waals surface area contributed by atoms with Crippen LogP contribution in [0.1, 0.15) is 31.7 Å². The van der Waals surface area contributed by atoms with Crippen LogP contribution < -0.4 is 5.32 Å². The number of nitrogens with zero attached hydrogens (tertiary/aromatic N) is 1. The molecule has 28 heavy (non-hydrogen) atoms. The van der Waals surface area contributed by atoms with Crippen LogP contribution >= 0.6 is 24.8 Å². The molecule has 0 amide bonds. The third-order valence-electron chi connectivity index (χ3n) is 5.09. The van der Waals surface area contributed by atoms with Crippen LogP contribution in [0, 0.1) is 0 Å². The Morgan fingerprint density at radius 2 is 1.57 bits per heavy atom. The summed E-state index contributed by atoms with van der Waals surface area (Å²) in [5, 5.41) is 3.46. The van der Waals surface area contributed by atoms with Crippen LogP contribution in [-0.2, 0) is 15.1 Å². The predicted octanol–water partition coefficient (Wildman–Crippen LogP) is 4.89. The third kappa shape index (κ3) is 6.40. The Labute approximate surface area is 180 Å². The van der Waals surface area contributed by atoms with Crippen LogP contribution in [0.15, 0.2) is 60.7 Å². The molecule has 0 saturated carbocycles. The van der Waals surface area contributed by atoms with Crippen molar-refractivity contribution in [2.75, 3.05) is 31.5 Å². The van der Waals surface area contributed by atoms with Gasteiger partial charge in [-0.15, -0.1) is 24.8 Å². The van der Waals surface area contributed by atoms with Gasteiger partial charge in [-0.3, -0.25) is 4.79 Å². The zero-order valence-corrected chi connectivity index (χ0v) is 17.9. The molecular formula is C22H30Cl2N2O2. The van der Waals surface area contributed by atoms with E-state index in [-0.39, 0.29) is 30.8 Å². The Hall–Kier alpha value is -1.75. The molecule has 0 atom stereocenters. The van der Waals surface area contributed by atoms with Gasteiger partial charge in [0.1, 0.15) is 5.60 Å². The highest BCUT2D eigenvalue weighted by molar-refractivity contribution is 5.85. The zero-order chi connectivity index (χ0) is 18.2. The molecule has 0 spiro atoms. The van der Waals surface area contributed by atoms with Crippen molar-refractivity contribution in [2.45, 2.75) is 31.8 Å². The number of rotatable bonds is 7. The second-order valence-electron chi connectivity index (χ2n) is 6.82. The highest BCUT2D eigenvalue weighted by atomic mass is 35.5. The fourth-order valence-corrected chi connectivity index (χ4v) is 3.53. The standard InChI is InChI=1S/C22H28N2O2.2ClH/c1-2-21(25)26-22(19-9-5-3-6-10-19)13-16-24(17-14-22)18-15-23-20-11-7-4-8-12-20;;/h3-12,23H,2,13-18H2,1H3;2*1H. The Morgan fingerprint density at radius 3 is 2.14 bits per heavy atom. The van der Waals surface area contributed by atoms with Crippen LogP contribution in [-0.4, -0.2) is 37.0 Å². The van der Waals surface area contributed by atoms with E-state index in [1.807, 2.05) is 43.3 Å². The molecule has 4 nitrogen and oxygen atoms in total. The van der Waals surface area contributed by atoms with Crippen molar-refractivity contribution < 1.29 is 9.53 Å². The minimum Gasteiger partial charge on any atom is -0.454 e. The third-order valence-corrected chi connectivity index (χ3v) is 5.09. The molecular weight excluding hydrogens is 395 g/mol. The maximum atomic E-state index is 12.0. The van der Waals surface area contributed by atoms with E-state index in [1.165, 1.54) is 0 Å². The number of benzene rings is 2. The average Bonchev–Trinajstić information content (AvgIpc) is 2.71. The van der Waals surface area contributed by atoms with Crippen molar-refractivity contribution in [3.05, 3.63) is 66.2 Å². The fraction of sp³-hybridized carbons (Fsp3) is 0.409. The summed E-state index contributed by atoms with van der Waals surface area (Å²) in [6.45, 7) is 5.62. The molecule has 1 aliphatic heterocycles. The van der Waals surface area contributed by atoms with Crippen LogP contribution in [0.4, 0.5) is 5.69 Å². The van der Waals surface area contributed by atoms with Crippen LogP contribution in [0.3, 0.4) is 0 Å². The van der Waals surface area contributed by atoms with Crippen molar-refractivity contribution in [1.29, 1.82) is 0 Å². The largest absolute Gasteiger partial charge is 0.454 e. The summed E-state index contributed by atoms with van der Waals surface area (Å²) in [7, 11) is 0. The number of halogens is 2. The molecule has 2 aromatic rings. The summed E-state index contributed by atoms with van der Waals surface area (Å²) in [4.78, 5) is 14.5. The number of hydrogen-bond acceptors (Lipinski definition) is 4. The molecule has 0 unspecified atom stereocenters. The Kier molecular flexibility index (Phi) is 10.4. The van der Waals surface area contributed by atoms with Gasteiger partial charge in [0.05, 0.1) is 0 Å². The van der Waals surface area contributed by atoms with Gasteiger partial charge < -0.3 is 15.0 Å². The van der Waals surface area contributed by atoms with Gasteiger partial charge in [-0.25, -0.2) is 0 Å². The van der Waals surface area contributed by atoms with Gasteiger partial charge in [-0.2, -0.15) is 0 Å². The van der Waals surface area contributed by atoms with Gasteiger partial charge in [0.25, 0.3) is 0 Å². The first-order valence-electron chi connectivity index (χ1n) is 9.50. The van der Waals surface area contributed by atoms with Crippen molar-refractivity contribution in [2.24, 2.45) is 0 Å². The minimum atomic E-state index is -0.474. The lowest BCUT2D eigenvalue weighted by molar-refractivity contribution is -0.166. The Bertz CT molecular complexity index is 690. The first-order valence-corrected chi connectivity index (χ1v) is 9.50. The number of likely N-dealkylation sites (tertiary alicyclic amines) is 1. The number of hydrogen-bond donors (Lipinski definition) is 1. The molecule has 0 aromatic heterocycles. The first kappa shape index (κ1) is 24.3. The fourth-order valence-electron chi connectivity index (χ4n) is 3.53. The van der Waals surface area contributed by atoms with Gasteiger partial charge in [-0.1, -0.05) is 55.5 Å². The van der Waals surface area contributed by atoms with E-state index in [0.717, 1.165) is 50.3 Å². The van der Waals surface area contributed by atoms with Crippen molar-refractivity contribution in [3.63, 3.8) is 0 Å². The normalized spacial score (nSPS) is 15.6. The van der Waals surface area contributed by atoms with Crippen LogP contribution in [0.2, 0.25) is 0 Å². The topological polar surface area (TPSA) is 41.6 Å². The second kappa shape index (κ2) is 11.9. The number of nitrogens with one attached hydrogen (secondary N) is 1.